The average Bonchev–Trinajstić information content (AvgIpc) is 2.69. The zero-order chi connectivity index (χ0) is 13.3. The Kier molecular flexibility index (Phi) is 3.21. The number of hydrogen-bond acceptors (Lipinski definition) is 4. The smallest absolute Gasteiger partial charge is 0.337 e. The van der Waals surface area contributed by atoms with Crippen molar-refractivity contribution < 1.29 is 18.3 Å². The molecule has 0 unspecified atom stereocenters. The van der Waals surface area contributed by atoms with Crippen LogP contribution in [0, 0.1) is 0 Å². The number of rotatable bonds is 2. The van der Waals surface area contributed by atoms with E-state index in [0.29, 0.717) is 16.8 Å². The van der Waals surface area contributed by atoms with E-state index in [1.165, 1.54) is 25.3 Å². The van der Waals surface area contributed by atoms with Gasteiger partial charge in [0, 0.05) is 18.2 Å². The number of hydrogen-bond donors (Lipinski definition) is 2. The van der Waals surface area contributed by atoms with E-state index < -0.39 is 17.9 Å². The lowest BCUT2D eigenvalue weighted by Gasteiger charge is -2.14. The van der Waals surface area contributed by atoms with E-state index in [-0.39, 0.29) is 13.0 Å². The molecular weight excluding hydrogens is 242 g/mol. The molecule has 0 radical (unpaired) electrons. The van der Waals surface area contributed by atoms with E-state index >= 15 is 0 Å². The Morgan fingerprint density at radius 2 is 2.28 bits per heavy atom. The van der Waals surface area contributed by atoms with Crippen LogP contribution in [0.3, 0.4) is 0 Å². The second kappa shape index (κ2) is 4.53. The lowest BCUT2D eigenvalue weighted by Crippen LogP contribution is -2.19. The maximum atomic E-state index is 13.1. The molecule has 6 heteroatoms. The Morgan fingerprint density at radius 1 is 1.56 bits per heavy atom. The van der Waals surface area contributed by atoms with Crippen LogP contribution < -0.4 is 11.1 Å². The van der Waals surface area contributed by atoms with Crippen LogP contribution >= 0.6 is 0 Å². The fraction of sp³-hybridized carbons (Fsp3) is 0.417. The second-order valence-electron chi connectivity index (χ2n) is 4.33. The number of nitrogen functional groups attached to an aromatic ring is 1. The fourth-order valence-electron chi connectivity index (χ4n) is 2.06. The van der Waals surface area contributed by atoms with Crippen molar-refractivity contribution in [1.82, 2.24) is 5.32 Å². The molecule has 1 aromatic carbocycles. The van der Waals surface area contributed by atoms with E-state index in [0.717, 1.165) is 0 Å². The van der Waals surface area contributed by atoms with Crippen LogP contribution in [0.1, 0.15) is 28.4 Å². The third kappa shape index (κ3) is 2.43. The Hall–Kier alpha value is -1.69. The molecule has 98 valence electrons. The number of alkyl halides is 2. The Morgan fingerprint density at radius 3 is 2.83 bits per heavy atom. The predicted octanol–water partition coefficient (Wildman–Crippen LogP) is 1.73. The first kappa shape index (κ1) is 12.8. The fourth-order valence-corrected chi connectivity index (χ4v) is 2.06. The summed E-state index contributed by atoms with van der Waals surface area (Å²) in [6.07, 6.45) is -0.318. The van der Waals surface area contributed by atoms with Crippen molar-refractivity contribution in [3.8, 4) is 0 Å². The zero-order valence-electron chi connectivity index (χ0n) is 9.87. The van der Waals surface area contributed by atoms with Gasteiger partial charge in [0.1, 0.15) is 0 Å². The Labute approximate surface area is 103 Å². The van der Waals surface area contributed by atoms with E-state index in [9.17, 15) is 13.6 Å². The molecule has 0 spiro atoms. The maximum absolute atomic E-state index is 13.1. The van der Waals surface area contributed by atoms with Crippen molar-refractivity contribution in [3.63, 3.8) is 0 Å². The molecule has 1 aromatic rings. The summed E-state index contributed by atoms with van der Waals surface area (Å²) < 4.78 is 30.9. The number of halogens is 2. The summed E-state index contributed by atoms with van der Waals surface area (Å²) >= 11 is 0. The molecule has 0 saturated carbocycles. The highest BCUT2D eigenvalue weighted by Gasteiger charge is 2.40. The Balaban J connectivity index is 2.30. The van der Waals surface area contributed by atoms with Gasteiger partial charge >= 0.3 is 5.97 Å². The van der Waals surface area contributed by atoms with Crippen LogP contribution in [-0.4, -0.2) is 25.5 Å². The number of ether oxygens (including phenoxy) is 1. The molecule has 2 rings (SSSR count). The summed E-state index contributed by atoms with van der Waals surface area (Å²) in [5.74, 6) is -3.25. The number of anilines is 1. The van der Waals surface area contributed by atoms with E-state index in [1.54, 1.807) is 0 Å². The molecule has 1 aliphatic heterocycles. The van der Waals surface area contributed by atoms with Gasteiger partial charge in [0.15, 0.2) is 0 Å². The highest BCUT2D eigenvalue weighted by Crippen LogP contribution is 2.36. The molecule has 0 aliphatic carbocycles. The first-order chi connectivity index (χ1) is 8.43. The topological polar surface area (TPSA) is 64.3 Å². The third-order valence-electron chi connectivity index (χ3n) is 2.99. The molecule has 18 heavy (non-hydrogen) atoms. The zero-order valence-corrected chi connectivity index (χ0v) is 9.87. The monoisotopic (exact) mass is 256 g/mol. The van der Waals surface area contributed by atoms with Crippen molar-refractivity contribution in [2.45, 2.75) is 18.4 Å². The molecule has 1 fully saturated rings. The number of nitrogens with one attached hydrogen (secondary N) is 1. The second-order valence-corrected chi connectivity index (χ2v) is 4.33. The number of esters is 1. The van der Waals surface area contributed by atoms with Crippen LogP contribution in [0.2, 0.25) is 0 Å². The molecular formula is C12H14F2N2O2. The van der Waals surface area contributed by atoms with Gasteiger partial charge in [-0.25, -0.2) is 13.6 Å². The molecule has 1 atom stereocenters. The van der Waals surface area contributed by atoms with Gasteiger partial charge in [-0.3, -0.25) is 0 Å². The van der Waals surface area contributed by atoms with E-state index in [2.05, 4.69) is 10.1 Å². The summed E-state index contributed by atoms with van der Waals surface area (Å²) in [5.41, 5.74) is 6.96. The minimum atomic E-state index is -2.74. The van der Waals surface area contributed by atoms with Gasteiger partial charge in [-0.1, -0.05) is 0 Å². The van der Waals surface area contributed by atoms with Gasteiger partial charge in [0.25, 0.3) is 5.92 Å². The number of carbonyl (C=O) groups excluding carboxylic acids is 1. The molecule has 1 heterocycles. The van der Waals surface area contributed by atoms with Crippen molar-refractivity contribution >= 4 is 11.7 Å². The van der Waals surface area contributed by atoms with Gasteiger partial charge in [-0.15, -0.1) is 0 Å². The average molecular weight is 256 g/mol. The van der Waals surface area contributed by atoms with Crippen LogP contribution in [-0.2, 0) is 4.74 Å². The van der Waals surface area contributed by atoms with Crippen molar-refractivity contribution in [3.05, 3.63) is 29.3 Å². The van der Waals surface area contributed by atoms with Crippen molar-refractivity contribution in [2.24, 2.45) is 0 Å². The SMILES string of the molecule is COC(=O)c1ccc(N)c([C@H]2CC(F)(F)CN2)c1. The summed E-state index contributed by atoms with van der Waals surface area (Å²) in [6.45, 7) is -0.375. The molecule has 0 aromatic heterocycles. The van der Waals surface area contributed by atoms with Gasteiger partial charge in [0.05, 0.1) is 19.2 Å². The first-order valence-corrected chi connectivity index (χ1v) is 5.52. The maximum Gasteiger partial charge on any atom is 0.337 e. The lowest BCUT2D eigenvalue weighted by atomic mass is 10.00. The van der Waals surface area contributed by atoms with Crippen molar-refractivity contribution in [1.29, 1.82) is 0 Å². The van der Waals surface area contributed by atoms with Gasteiger partial charge < -0.3 is 15.8 Å². The van der Waals surface area contributed by atoms with Crippen LogP contribution in [0.5, 0.6) is 0 Å². The summed E-state index contributed by atoms with van der Waals surface area (Å²) in [6, 6.07) is 4.00. The normalized spacial score (nSPS) is 21.8. The van der Waals surface area contributed by atoms with E-state index in [1.807, 2.05) is 0 Å². The first-order valence-electron chi connectivity index (χ1n) is 5.52. The van der Waals surface area contributed by atoms with Gasteiger partial charge in [-0.2, -0.15) is 0 Å². The molecule has 3 N–H and O–H groups in total. The van der Waals surface area contributed by atoms with Crippen LogP contribution in [0.4, 0.5) is 14.5 Å². The summed E-state index contributed by atoms with van der Waals surface area (Å²) in [7, 11) is 1.26. The van der Waals surface area contributed by atoms with Crippen molar-refractivity contribution in [2.75, 3.05) is 19.4 Å². The highest BCUT2D eigenvalue weighted by atomic mass is 19.3. The summed E-state index contributed by atoms with van der Waals surface area (Å²) in [4.78, 5) is 11.4. The largest absolute Gasteiger partial charge is 0.465 e. The standard InChI is InChI=1S/C12H14F2N2O2/c1-18-11(17)7-2-3-9(15)8(4-7)10-5-12(13,14)6-16-10/h2-4,10,16H,5-6,15H2,1H3/t10-/m1/s1. The number of methoxy groups -OCH3 is 1. The Bertz CT molecular complexity index is 477. The predicted molar refractivity (Wildman–Crippen MR) is 62.5 cm³/mol. The molecule has 0 bridgehead atoms. The molecule has 1 aliphatic rings. The minimum Gasteiger partial charge on any atom is -0.465 e. The number of nitrogens with two attached hydrogens (primary N) is 1. The molecule has 0 amide bonds. The van der Waals surface area contributed by atoms with E-state index in [4.69, 9.17) is 5.73 Å². The van der Waals surface area contributed by atoms with Gasteiger partial charge in [0.2, 0.25) is 0 Å². The number of carbonyl (C=O) groups is 1. The van der Waals surface area contributed by atoms with Crippen LogP contribution in [0.15, 0.2) is 18.2 Å². The minimum absolute atomic E-state index is 0.304. The highest BCUT2D eigenvalue weighted by molar-refractivity contribution is 5.90. The molecule has 4 nitrogen and oxygen atoms in total. The third-order valence-corrected chi connectivity index (χ3v) is 2.99. The number of benzene rings is 1. The summed E-state index contributed by atoms with van der Waals surface area (Å²) in [5, 5.41) is 2.71. The lowest BCUT2D eigenvalue weighted by molar-refractivity contribution is 0.0210. The quantitative estimate of drug-likeness (QED) is 0.624. The molecule has 1 saturated heterocycles. The van der Waals surface area contributed by atoms with Gasteiger partial charge in [-0.05, 0) is 23.8 Å². The van der Waals surface area contributed by atoms with Crippen LogP contribution in [0.25, 0.3) is 0 Å².